The van der Waals surface area contributed by atoms with Crippen LogP contribution in [0.3, 0.4) is 0 Å². The van der Waals surface area contributed by atoms with Crippen LogP contribution in [0.15, 0.2) is 0 Å². The van der Waals surface area contributed by atoms with Gasteiger partial charge < -0.3 is 23.0 Å². The Morgan fingerprint density at radius 2 is 1.85 bits per heavy atom. The van der Waals surface area contributed by atoms with Crippen LogP contribution in [0.5, 0.6) is 0 Å². The summed E-state index contributed by atoms with van der Waals surface area (Å²) in [5.74, 6) is 0.0145. The van der Waals surface area contributed by atoms with Crippen molar-refractivity contribution >= 4 is 6.98 Å². The third-order valence-corrected chi connectivity index (χ3v) is 2.59. The van der Waals surface area contributed by atoms with Crippen molar-refractivity contribution in [1.29, 1.82) is 0 Å². The third-order valence-electron chi connectivity index (χ3n) is 2.59. The van der Waals surface area contributed by atoms with Crippen molar-refractivity contribution in [2.45, 2.75) is 19.4 Å². The second-order valence-corrected chi connectivity index (χ2v) is 4.42. The molecule has 1 aliphatic rings. The van der Waals surface area contributed by atoms with Gasteiger partial charge in [-0.15, -0.1) is 0 Å². The molecule has 0 aromatic rings. The monoisotopic (exact) mass is 197 g/mol. The van der Waals surface area contributed by atoms with E-state index in [9.17, 15) is 18.1 Å². The maximum atomic E-state index is 11.9. The molecule has 6 heteroatoms. The van der Waals surface area contributed by atoms with E-state index < -0.39 is 19.0 Å². The van der Waals surface area contributed by atoms with Crippen LogP contribution in [0.4, 0.5) is 12.9 Å². The van der Waals surface area contributed by atoms with E-state index in [2.05, 4.69) is 0 Å². The normalized spacial score (nSPS) is 30.0. The number of nitrogens with one attached hydrogen (secondary N) is 1. The highest BCUT2D eigenvalue weighted by Gasteiger charge is 2.44. The van der Waals surface area contributed by atoms with Gasteiger partial charge in [0.25, 0.3) is 0 Å². The summed E-state index contributed by atoms with van der Waals surface area (Å²) in [6, 6.07) is 0. The highest BCUT2D eigenvalue weighted by Crippen LogP contribution is 2.17. The van der Waals surface area contributed by atoms with E-state index in [0.29, 0.717) is 18.0 Å². The average Bonchev–Trinajstić information content (AvgIpc) is 1.71. The highest BCUT2D eigenvalue weighted by atomic mass is 19.4. The molecule has 0 bridgehead atoms. The molecule has 0 aliphatic carbocycles. The summed E-state index contributed by atoms with van der Waals surface area (Å²) in [4.78, 5) is 0.541. The Morgan fingerprint density at radius 1 is 1.38 bits per heavy atom. The molecule has 0 unspecified atom stereocenters. The van der Waals surface area contributed by atoms with Crippen molar-refractivity contribution < 1.29 is 23.0 Å². The molecule has 1 heterocycles. The van der Waals surface area contributed by atoms with E-state index in [0.717, 1.165) is 0 Å². The average molecular weight is 197 g/mol. The minimum atomic E-state index is -4.67. The zero-order valence-electron chi connectivity index (χ0n) is 7.86. The molecule has 78 valence electrons. The summed E-state index contributed by atoms with van der Waals surface area (Å²) < 4.78 is 35.8. The largest absolute Gasteiger partial charge is 0.531 e. The molecule has 1 aliphatic heterocycles. The minimum absolute atomic E-state index is 0.0145. The Kier molecular flexibility index (Phi) is 2.64. The van der Waals surface area contributed by atoms with Crippen LogP contribution in [-0.2, 0) is 0 Å². The second-order valence-electron chi connectivity index (χ2n) is 4.42. The summed E-state index contributed by atoms with van der Waals surface area (Å²) in [5.41, 5.74) is -0.831. The zero-order chi connectivity index (χ0) is 10.3. The van der Waals surface area contributed by atoms with Gasteiger partial charge in [0.05, 0.1) is 31.1 Å². The minimum Gasteiger partial charge on any atom is -0.445 e. The summed E-state index contributed by atoms with van der Waals surface area (Å²) >= 11 is 0. The van der Waals surface area contributed by atoms with E-state index >= 15 is 0 Å². The van der Waals surface area contributed by atoms with E-state index in [4.69, 9.17) is 0 Å². The van der Waals surface area contributed by atoms with E-state index in [1.54, 1.807) is 13.8 Å². The summed E-state index contributed by atoms with van der Waals surface area (Å²) in [6.07, 6.45) is -0.716. The lowest BCUT2D eigenvalue weighted by atomic mass is 9.81. The predicted molar refractivity (Wildman–Crippen MR) is 44.4 cm³/mol. The Morgan fingerprint density at radius 3 is 2.15 bits per heavy atom. The molecule has 2 nitrogen and oxygen atoms in total. The molecule has 0 aromatic heterocycles. The van der Waals surface area contributed by atoms with E-state index in [1.807, 2.05) is 0 Å². The molecule has 0 spiro atoms. The fraction of sp³-hybridized carbons (Fsp3) is 1.00. The predicted octanol–water partition coefficient (Wildman–Crippen LogP) is -0.341. The third kappa shape index (κ3) is 3.19. The van der Waals surface area contributed by atoms with Gasteiger partial charge in [-0.2, -0.15) is 0 Å². The molecule has 0 amide bonds. The zero-order valence-corrected chi connectivity index (χ0v) is 7.86. The Bertz CT molecular complexity index is 183. The standard InChI is InChI=1S/C7H14BF3NO/c1-7(2,13)6-3-12(4-6)5-8(9,10)11/h6,13H,3-5H2,1-2H3/q-1/p+1. The van der Waals surface area contributed by atoms with Crippen LogP contribution in [0.1, 0.15) is 13.8 Å². The molecule has 0 radical (unpaired) electrons. The molecule has 0 aromatic carbocycles. The van der Waals surface area contributed by atoms with Crippen LogP contribution in [0.2, 0.25) is 0 Å². The summed E-state index contributed by atoms with van der Waals surface area (Å²) in [5, 5.41) is 9.46. The fourth-order valence-corrected chi connectivity index (χ4v) is 1.63. The van der Waals surface area contributed by atoms with Gasteiger partial charge in [0.2, 0.25) is 0 Å². The lowest BCUT2D eigenvalue weighted by Crippen LogP contribution is -3.22. The maximum absolute atomic E-state index is 11.9. The molecule has 0 saturated carbocycles. The molecule has 0 atom stereocenters. The Balaban J connectivity index is 2.27. The van der Waals surface area contributed by atoms with Crippen molar-refractivity contribution in [3.05, 3.63) is 0 Å². The van der Waals surface area contributed by atoms with Crippen LogP contribution >= 0.6 is 0 Å². The first-order valence-corrected chi connectivity index (χ1v) is 4.45. The topological polar surface area (TPSA) is 24.7 Å². The van der Waals surface area contributed by atoms with Crippen LogP contribution in [-0.4, -0.2) is 37.2 Å². The molecular formula is C7H15BF3NO. The summed E-state index contributed by atoms with van der Waals surface area (Å²) in [6.45, 7) is -0.512. The first-order valence-electron chi connectivity index (χ1n) is 4.45. The van der Waals surface area contributed by atoms with Crippen LogP contribution in [0.25, 0.3) is 0 Å². The second kappa shape index (κ2) is 3.17. The number of rotatable bonds is 3. The molecular weight excluding hydrogens is 182 g/mol. The number of hydrogen-bond acceptors (Lipinski definition) is 1. The van der Waals surface area contributed by atoms with Crippen molar-refractivity contribution in [2.24, 2.45) is 5.92 Å². The van der Waals surface area contributed by atoms with Crippen LogP contribution < -0.4 is 4.90 Å². The number of aliphatic hydroxyl groups is 1. The number of likely N-dealkylation sites (tertiary alicyclic amines) is 1. The first kappa shape index (κ1) is 10.9. The van der Waals surface area contributed by atoms with Gasteiger partial charge in [0.15, 0.2) is 0 Å². The smallest absolute Gasteiger partial charge is 0.445 e. The van der Waals surface area contributed by atoms with Gasteiger partial charge in [-0.3, -0.25) is 0 Å². The highest BCUT2D eigenvalue weighted by molar-refractivity contribution is 6.58. The summed E-state index contributed by atoms with van der Waals surface area (Å²) in [7, 11) is 0. The lowest BCUT2D eigenvalue weighted by molar-refractivity contribution is -0.945. The number of quaternary nitrogens is 1. The molecule has 13 heavy (non-hydrogen) atoms. The van der Waals surface area contributed by atoms with Gasteiger partial charge >= 0.3 is 6.98 Å². The van der Waals surface area contributed by atoms with Crippen molar-refractivity contribution in [1.82, 2.24) is 0 Å². The number of halogens is 3. The lowest BCUT2D eigenvalue weighted by Gasteiger charge is -2.43. The quantitative estimate of drug-likeness (QED) is 0.594. The van der Waals surface area contributed by atoms with Crippen molar-refractivity contribution in [2.75, 3.05) is 19.5 Å². The Hall–Kier alpha value is -0.225. The Labute approximate surface area is 75.8 Å². The molecule has 1 fully saturated rings. The number of hydrogen-bond donors (Lipinski definition) is 2. The molecule has 2 N–H and O–H groups in total. The SMILES string of the molecule is CC(C)(O)C1C[NH+](C[B-](F)(F)F)C1. The van der Waals surface area contributed by atoms with Gasteiger partial charge in [0, 0.05) is 0 Å². The van der Waals surface area contributed by atoms with Gasteiger partial charge in [-0.1, -0.05) is 0 Å². The van der Waals surface area contributed by atoms with Crippen LogP contribution in [0, 0.1) is 5.92 Å². The van der Waals surface area contributed by atoms with Crippen molar-refractivity contribution in [3.8, 4) is 0 Å². The van der Waals surface area contributed by atoms with E-state index in [1.165, 1.54) is 0 Å². The van der Waals surface area contributed by atoms with Gasteiger partial charge in [-0.05, 0) is 13.8 Å². The van der Waals surface area contributed by atoms with E-state index in [-0.39, 0.29) is 5.92 Å². The van der Waals surface area contributed by atoms with Gasteiger partial charge in [-0.25, -0.2) is 0 Å². The molecule has 1 saturated heterocycles. The molecule has 1 rings (SSSR count). The van der Waals surface area contributed by atoms with Gasteiger partial charge in [0.1, 0.15) is 0 Å². The first-order chi connectivity index (χ1) is 5.68. The fourth-order valence-electron chi connectivity index (χ4n) is 1.63. The maximum Gasteiger partial charge on any atom is 0.531 e. The van der Waals surface area contributed by atoms with Crippen molar-refractivity contribution in [3.63, 3.8) is 0 Å².